The lowest BCUT2D eigenvalue weighted by Crippen LogP contribution is -2.43. The Labute approximate surface area is 173 Å². The number of aliphatic hydroxyl groups is 2. The van der Waals surface area contributed by atoms with Crippen molar-refractivity contribution in [2.75, 3.05) is 27.3 Å². The van der Waals surface area contributed by atoms with Crippen LogP contribution in [-0.2, 0) is 23.8 Å². The number of esters is 2. The van der Waals surface area contributed by atoms with Crippen molar-refractivity contribution >= 4 is 18.0 Å². The minimum absolute atomic E-state index is 0. The smallest absolute Gasteiger partial charge is 0.411 e. The van der Waals surface area contributed by atoms with Crippen LogP contribution in [0, 0.1) is 0 Å². The molecule has 2 aliphatic heterocycles. The zero-order chi connectivity index (χ0) is 20.8. The van der Waals surface area contributed by atoms with E-state index in [0.717, 1.165) is 0 Å². The van der Waals surface area contributed by atoms with Crippen molar-refractivity contribution in [2.24, 2.45) is 0 Å². The van der Waals surface area contributed by atoms with Gasteiger partial charge in [-0.3, -0.25) is 9.69 Å². The molecule has 0 spiro atoms. The second-order valence-electron chi connectivity index (χ2n) is 7.43. The van der Waals surface area contributed by atoms with Gasteiger partial charge >= 0.3 is 18.0 Å². The van der Waals surface area contributed by atoms with E-state index in [2.05, 4.69) is 14.8 Å². The molecule has 0 aromatic heterocycles. The molecular weight excluding hydrogens is 384 g/mol. The van der Waals surface area contributed by atoms with E-state index in [1.807, 2.05) is 0 Å². The molecular formula is C19H38N2O8. The quantitative estimate of drug-likeness (QED) is 0.434. The highest BCUT2D eigenvalue weighted by molar-refractivity contribution is 5.82. The lowest BCUT2D eigenvalue weighted by Gasteiger charge is -2.27. The van der Waals surface area contributed by atoms with Crippen LogP contribution in [0.3, 0.4) is 0 Å². The average Bonchev–Trinajstić information content (AvgIpc) is 3.18. The normalized spacial score (nSPS) is 25.6. The number of amides is 1. The number of ether oxygens (including phenoxy) is 3. The highest BCUT2D eigenvalue weighted by Crippen LogP contribution is 2.22. The fraction of sp³-hybridized carbons (Fsp3) is 0.842. The fourth-order valence-corrected chi connectivity index (χ4v) is 2.73. The minimum Gasteiger partial charge on any atom is -0.468 e. The van der Waals surface area contributed by atoms with Crippen molar-refractivity contribution in [3.8, 4) is 0 Å². The van der Waals surface area contributed by atoms with E-state index in [0.29, 0.717) is 13.0 Å². The maximum atomic E-state index is 11.8. The van der Waals surface area contributed by atoms with Gasteiger partial charge in [0.25, 0.3) is 0 Å². The summed E-state index contributed by atoms with van der Waals surface area (Å²) in [5, 5.41) is 21.3. The SMILES string of the molecule is C.C.COC(=O)[C@@H]1C[C@@H](O)CN1.COC(=O)[C@@H]1C[C@@H](O)CN1C(=O)OC(C)(C)C. The zero-order valence-corrected chi connectivity index (χ0v) is 16.4. The predicted octanol–water partition coefficient (Wildman–Crippen LogP) is 0.684. The standard InChI is InChI=1S/C11H19NO5.C6H11NO3.2CH4/c1-11(2,3)17-10(15)12-6-7(13)5-8(12)9(14)16-4;1-10-6(9)5-2-4(8)3-7-5;;/h7-8,13H,5-6H2,1-4H3;4-5,7-8H,2-3H2,1H3;2*1H4/t7-,8+;4-,5+;;/m11../s1. The van der Waals surface area contributed by atoms with E-state index in [1.165, 1.54) is 19.1 Å². The Morgan fingerprint density at radius 2 is 1.52 bits per heavy atom. The maximum absolute atomic E-state index is 11.8. The van der Waals surface area contributed by atoms with Crippen molar-refractivity contribution in [1.29, 1.82) is 0 Å². The number of rotatable bonds is 2. The molecule has 1 amide bonds. The number of carbonyl (C=O) groups is 3. The van der Waals surface area contributed by atoms with Gasteiger partial charge in [-0.25, -0.2) is 9.59 Å². The molecule has 0 unspecified atom stereocenters. The first-order chi connectivity index (χ1) is 12.5. The fourth-order valence-electron chi connectivity index (χ4n) is 2.73. The number of hydrogen-bond donors (Lipinski definition) is 3. The molecule has 0 bridgehead atoms. The van der Waals surface area contributed by atoms with Gasteiger partial charge in [0.05, 0.1) is 33.0 Å². The van der Waals surface area contributed by atoms with Crippen LogP contribution in [0.1, 0.15) is 48.5 Å². The first-order valence-corrected chi connectivity index (χ1v) is 8.73. The molecule has 10 heteroatoms. The van der Waals surface area contributed by atoms with Crippen molar-refractivity contribution < 1.29 is 38.8 Å². The molecule has 2 rings (SSSR count). The average molecular weight is 423 g/mol. The third-order valence-electron chi connectivity index (χ3n) is 3.97. The van der Waals surface area contributed by atoms with Crippen molar-refractivity contribution in [3.63, 3.8) is 0 Å². The summed E-state index contributed by atoms with van der Waals surface area (Å²) in [6, 6.07) is -1.06. The van der Waals surface area contributed by atoms with Gasteiger partial charge in [-0.15, -0.1) is 0 Å². The highest BCUT2D eigenvalue weighted by atomic mass is 16.6. The number of hydrogen-bond acceptors (Lipinski definition) is 9. The number of nitrogens with one attached hydrogen (secondary N) is 1. The molecule has 0 aromatic carbocycles. The summed E-state index contributed by atoms with van der Waals surface area (Å²) in [6.45, 7) is 5.80. The van der Waals surface area contributed by atoms with Crippen molar-refractivity contribution in [2.45, 2.75) is 78.4 Å². The molecule has 29 heavy (non-hydrogen) atoms. The lowest BCUT2D eigenvalue weighted by atomic mass is 10.2. The molecule has 2 saturated heterocycles. The summed E-state index contributed by atoms with van der Waals surface area (Å²) in [7, 11) is 2.59. The van der Waals surface area contributed by atoms with Crippen LogP contribution in [0.15, 0.2) is 0 Å². The second kappa shape index (κ2) is 12.6. The number of β-amino-alcohol motifs (C(OH)–C–C–N with tert-alkyl or cyclic N) is 2. The molecule has 4 atom stereocenters. The van der Waals surface area contributed by atoms with Gasteiger partial charge in [0, 0.05) is 19.4 Å². The van der Waals surface area contributed by atoms with Gasteiger partial charge in [-0.2, -0.15) is 0 Å². The molecule has 0 aromatic rings. The Morgan fingerprint density at radius 1 is 0.966 bits per heavy atom. The molecule has 2 heterocycles. The first kappa shape index (κ1) is 29.3. The van der Waals surface area contributed by atoms with Crippen LogP contribution in [0.2, 0.25) is 0 Å². The molecule has 0 aliphatic carbocycles. The summed E-state index contributed by atoms with van der Waals surface area (Å²) in [6.07, 6.45) is -1.07. The largest absolute Gasteiger partial charge is 0.468 e. The van der Waals surface area contributed by atoms with Gasteiger partial charge < -0.3 is 29.7 Å². The van der Waals surface area contributed by atoms with E-state index in [-0.39, 0.29) is 39.8 Å². The predicted molar refractivity (Wildman–Crippen MR) is 107 cm³/mol. The highest BCUT2D eigenvalue weighted by Gasteiger charge is 2.41. The minimum atomic E-state index is -0.759. The number of carbonyl (C=O) groups excluding carboxylic acids is 3. The molecule has 2 aliphatic rings. The number of aliphatic hydroxyl groups excluding tert-OH is 2. The van der Waals surface area contributed by atoms with Crippen LogP contribution < -0.4 is 5.32 Å². The molecule has 2 fully saturated rings. The zero-order valence-electron chi connectivity index (χ0n) is 16.4. The molecule has 0 radical (unpaired) electrons. The second-order valence-corrected chi connectivity index (χ2v) is 7.43. The number of likely N-dealkylation sites (tertiary alicyclic amines) is 1. The topological polar surface area (TPSA) is 135 Å². The van der Waals surface area contributed by atoms with E-state index >= 15 is 0 Å². The van der Waals surface area contributed by atoms with Crippen LogP contribution in [-0.4, -0.2) is 90.3 Å². The summed E-state index contributed by atoms with van der Waals surface area (Å²) >= 11 is 0. The first-order valence-electron chi connectivity index (χ1n) is 8.73. The summed E-state index contributed by atoms with van der Waals surface area (Å²) in [4.78, 5) is 35.3. The van der Waals surface area contributed by atoms with E-state index in [1.54, 1.807) is 20.8 Å². The Bertz CT molecular complexity index is 535. The van der Waals surface area contributed by atoms with Gasteiger partial charge in [0.15, 0.2) is 0 Å². The van der Waals surface area contributed by atoms with Gasteiger partial charge in [-0.05, 0) is 20.8 Å². The Morgan fingerprint density at radius 3 is 1.93 bits per heavy atom. The maximum Gasteiger partial charge on any atom is 0.411 e. The molecule has 0 saturated carbocycles. The number of nitrogens with zero attached hydrogens (tertiary/aromatic N) is 1. The Balaban J connectivity index is 0. The summed E-state index contributed by atoms with van der Waals surface area (Å²) < 4.78 is 14.2. The van der Waals surface area contributed by atoms with Gasteiger partial charge in [0.1, 0.15) is 17.7 Å². The van der Waals surface area contributed by atoms with Crippen LogP contribution >= 0.6 is 0 Å². The molecule has 172 valence electrons. The van der Waals surface area contributed by atoms with Crippen molar-refractivity contribution in [1.82, 2.24) is 10.2 Å². The summed E-state index contributed by atoms with van der Waals surface area (Å²) in [5.41, 5.74) is -0.634. The van der Waals surface area contributed by atoms with E-state index in [9.17, 15) is 19.5 Å². The van der Waals surface area contributed by atoms with E-state index < -0.39 is 35.9 Å². The lowest BCUT2D eigenvalue weighted by molar-refractivity contribution is -0.145. The third kappa shape index (κ3) is 9.42. The van der Waals surface area contributed by atoms with Crippen molar-refractivity contribution in [3.05, 3.63) is 0 Å². The van der Waals surface area contributed by atoms with Gasteiger partial charge in [0.2, 0.25) is 0 Å². The summed E-state index contributed by atoms with van der Waals surface area (Å²) in [5.74, 6) is -0.830. The third-order valence-corrected chi connectivity index (χ3v) is 3.97. The van der Waals surface area contributed by atoms with Crippen LogP contribution in [0.5, 0.6) is 0 Å². The molecule has 3 N–H and O–H groups in total. The number of methoxy groups -OCH3 is 2. The van der Waals surface area contributed by atoms with Crippen LogP contribution in [0.25, 0.3) is 0 Å². The van der Waals surface area contributed by atoms with Gasteiger partial charge in [-0.1, -0.05) is 14.9 Å². The van der Waals surface area contributed by atoms with Crippen LogP contribution in [0.4, 0.5) is 4.79 Å². The van der Waals surface area contributed by atoms with E-state index in [4.69, 9.17) is 9.84 Å². The Hall–Kier alpha value is -1.91. The Kier molecular flexibility index (Phi) is 12.7. The monoisotopic (exact) mass is 422 g/mol. The molecule has 10 nitrogen and oxygen atoms in total.